The van der Waals surface area contributed by atoms with Gasteiger partial charge in [0.1, 0.15) is 0 Å². The van der Waals surface area contributed by atoms with Crippen LogP contribution in [-0.2, 0) is 9.59 Å². The van der Waals surface area contributed by atoms with Crippen LogP contribution in [0.25, 0.3) is 16.6 Å². The molecule has 10 heteroatoms. The minimum absolute atomic E-state index is 0.0112. The maximum Gasteiger partial charge on any atom is 0.233 e. The fourth-order valence-electron chi connectivity index (χ4n) is 4.20. The van der Waals surface area contributed by atoms with E-state index in [9.17, 15) is 9.59 Å². The molecular formula is C23H24N6O2S2. The monoisotopic (exact) mass is 480 g/mol. The zero-order chi connectivity index (χ0) is 22.9. The number of hydrogen-bond acceptors (Lipinski definition) is 7. The van der Waals surface area contributed by atoms with E-state index in [1.807, 2.05) is 45.9 Å². The van der Waals surface area contributed by atoms with E-state index in [2.05, 4.69) is 33.5 Å². The molecule has 4 heterocycles. The first kappa shape index (κ1) is 21.8. The van der Waals surface area contributed by atoms with Gasteiger partial charge in [0.05, 0.1) is 17.0 Å². The first-order valence-corrected chi connectivity index (χ1v) is 12.7. The van der Waals surface area contributed by atoms with Crippen molar-refractivity contribution in [3.8, 4) is 0 Å². The first-order chi connectivity index (χ1) is 16.0. The van der Waals surface area contributed by atoms with Crippen molar-refractivity contribution in [3.05, 3.63) is 47.0 Å². The van der Waals surface area contributed by atoms with Gasteiger partial charge in [-0.25, -0.2) is 4.98 Å². The van der Waals surface area contributed by atoms with Gasteiger partial charge in [0.25, 0.3) is 0 Å². The van der Waals surface area contributed by atoms with Gasteiger partial charge in [0.15, 0.2) is 15.9 Å². The molecule has 1 N–H and O–H groups in total. The minimum atomic E-state index is -0.0963. The molecule has 0 unspecified atom stereocenters. The van der Waals surface area contributed by atoms with Gasteiger partial charge in [-0.1, -0.05) is 30.0 Å². The Labute approximate surface area is 199 Å². The largest absolute Gasteiger partial charge is 0.342 e. The van der Waals surface area contributed by atoms with Crippen molar-refractivity contribution < 1.29 is 9.59 Å². The number of benzene rings is 1. The zero-order valence-corrected chi connectivity index (χ0v) is 20.1. The number of piperidine rings is 1. The lowest BCUT2D eigenvalue weighted by molar-refractivity contribution is -0.132. The van der Waals surface area contributed by atoms with E-state index in [4.69, 9.17) is 0 Å². The number of carbonyl (C=O) groups is 2. The van der Waals surface area contributed by atoms with Crippen molar-refractivity contribution >= 4 is 56.6 Å². The van der Waals surface area contributed by atoms with Gasteiger partial charge in [-0.3, -0.25) is 14.0 Å². The summed E-state index contributed by atoms with van der Waals surface area (Å²) in [5.74, 6) is 0.240. The van der Waals surface area contributed by atoms with E-state index in [1.54, 1.807) is 0 Å². The van der Waals surface area contributed by atoms with Gasteiger partial charge in [0, 0.05) is 29.8 Å². The number of amides is 2. The molecule has 3 aromatic heterocycles. The van der Waals surface area contributed by atoms with Crippen LogP contribution in [0.2, 0.25) is 0 Å². The standard InChI is InChI=1S/C23H24N6O2S2/c1-14-11-19-26-27-23(29(19)18-6-4-3-5-17(14)18)33-13-20(30)28-9-7-16(8-10-28)21(31)25-22-24-15(2)12-32-22/h3-6,11-12,16H,7-10,13H2,1-2H3,(H,24,25,31). The van der Waals surface area contributed by atoms with Gasteiger partial charge in [-0.2, -0.15) is 0 Å². The van der Waals surface area contributed by atoms with Crippen LogP contribution in [0.5, 0.6) is 0 Å². The van der Waals surface area contributed by atoms with Crippen LogP contribution in [-0.4, -0.2) is 55.1 Å². The summed E-state index contributed by atoms with van der Waals surface area (Å²) in [5, 5.41) is 15.9. The van der Waals surface area contributed by atoms with Crippen molar-refractivity contribution in [2.24, 2.45) is 5.92 Å². The molecule has 0 saturated carbocycles. The van der Waals surface area contributed by atoms with Crippen molar-refractivity contribution in [2.75, 3.05) is 24.2 Å². The third-order valence-electron chi connectivity index (χ3n) is 5.97. The molecule has 170 valence electrons. The Morgan fingerprint density at radius 3 is 2.73 bits per heavy atom. The Morgan fingerprint density at radius 1 is 1.18 bits per heavy atom. The molecule has 2 amide bonds. The normalized spacial score (nSPS) is 14.8. The number of fused-ring (bicyclic) bond motifs is 3. The summed E-state index contributed by atoms with van der Waals surface area (Å²) >= 11 is 2.83. The second-order valence-corrected chi connectivity index (χ2v) is 10.0. The van der Waals surface area contributed by atoms with Crippen molar-refractivity contribution in [1.82, 2.24) is 24.5 Å². The number of hydrogen-bond donors (Lipinski definition) is 1. The number of thiazole rings is 1. The lowest BCUT2D eigenvalue weighted by atomic mass is 9.96. The van der Waals surface area contributed by atoms with Crippen LogP contribution in [0.4, 0.5) is 5.13 Å². The first-order valence-electron chi connectivity index (χ1n) is 10.9. The molecule has 1 aromatic carbocycles. The van der Waals surface area contributed by atoms with Crippen LogP contribution in [0.3, 0.4) is 0 Å². The maximum atomic E-state index is 12.9. The summed E-state index contributed by atoms with van der Waals surface area (Å²) < 4.78 is 2.01. The number of aromatic nitrogens is 4. The topological polar surface area (TPSA) is 92.5 Å². The molecule has 0 atom stereocenters. The Morgan fingerprint density at radius 2 is 1.97 bits per heavy atom. The SMILES string of the molecule is Cc1csc(NC(=O)C2CCN(C(=O)CSc3nnc4cc(C)c5ccccc5n34)CC2)n1. The lowest BCUT2D eigenvalue weighted by Gasteiger charge is -2.31. The van der Waals surface area contributed by atoms with Gasteiger partial charge in [-0.05, 0) is 44.4 Å². The predicted molar refractivity (Wildman–Crippen MR) is 131 cm³/mol. The summed E-state index contributed by atoms with van der Waals surface area (Å²) in [6.45, 7) is 5.13. The predicted octanol–water partition coefficient (Wildman–Crippen LogP) is 3.93. The molecule has 0 aliphatic carbocycles. The highest BCUT2D eigenvalue weighted by molar-refractivity contribution is 7.99. The molecule has 33 heavy (non-hydrogen) atoms. The summed E-state index contributed by atoms with van der Waals surface area (Å²) in [7, 11) is 0. The van der Waals surface area contributed by atoms with Crippen LogP contribution >= 0.6 is 23.1 Å². The number of anilines is 1. The molecule has 1 saturated heterocycles. The number of thioether (sulfide) groups is 1. The van der Waals surface area contributed by atoms with Crippen molar-refractivity contribution in [1.29, 1.82) is 0 Å². The number of carbonyl (C=O) groups excluding carboxylic acids is 2. The van der Waals surface area contributed by atoms with Gasteiger partial charge in [0.2, 0.25) is 11.8 Å². The summed E-state index contributed by atoms with van der Waals surface area (Å²) in [5.41, 5.74) is 3.87. The van der Waals surface area contributed by atoms with Crippen LogP contribution in [0.15, 0.2) is 40.9 Å². The average molecular weight is 481 g/mol. The molecule has 8 nitrogen and oxygen atoms in total. The molecule has 1 aliphatic heterocycles. The van der Waals surface area contributed by atoms with E-state index >= 15 is 0 Å². The molecule has 1 aliphatic rings. The molecule has 1 fully saturated rings. The highest BCUT2D eigenvalue weighted by Crippen LogP contribution is 2.27. The Bertz CT molecular complexity index is 1340. The quantitative estimate of drug-likeness (QED) is 0.435. The van der Waals surface area contributed by atoms with E-state index in [1.165, 1.54) is 23.1 Å². The number of rotatable bonds is 5. The number of pyridine rings is 1. The number of nitrogens with zero attached hydrogens (tertiary/aromatic N) is 5. The third-order valence-corrected chi connectivity index (χ3v) is 7.76. The molecule has 0 spiro atoms. The van der Waals surface area contributed by atoms with E-state index < -0.39 is 0 Å². The molecule has 0 bridgehead atoms. The molecule has 0 radical (unpaired) electrons. The van der Waals surface area contributed by atoms with Crippen LogP contribution in [0.1, 0.15) is 24.1 Å². The summed E-state index contributed by atoms with van der Waals surface area (Å²) in [6.07, 6.45) is 1.31. The van der Waals surface area contributed by atoms with Crippen molar-refractivity contribution in [3.63, 3.8) is 0 Å². The number of likely N-dealkylation sites (tertiary alicyclic amines) is 1. The van der Waals surface area contributed by atoms with Gasteiger partial charge < -0.3 is 10.2 Å². The fraction of sp³-hybridized carbons (Fsp3) is 0.348. The molecular weight excluding hydrogens is 456 g/mol. The molecule has 5 rings (SSSR count). The Hall–Kier alpha value is -2.98. The fourth-order valence-corrected chi connectivity index (χ4v) is 5.74. The smallest absolute Gasteiger partial charge is 0.233 e. The Kier molecular flexibility index (Phi) is 6.03. The highest BCUT2D eigenvalue weighted by Gasteiger charge is 2.28. The maximum absolute atomic E-state index is 12.9. The number of aryl methyl sites for hydroxylation is 2. The van der Waals surface area contributed by atoms with E-state index in [0.29, 0.717) is 36.2 Å². The summed E-state index contributed by atoms with van der Waals surface area (Å²) in [4.78, 5) is 31.5. The minimum Gasteiger partial charge on any atom is -0.342 e. The second-order valence-electron chi connectivity index (χ2n) is 8.25. The van der Waals surface area contributed by atoms with E-state index in [0.717, 1.165) is 27.8 Å². The van der Waals surface area contributed by atoms with Crippen LogP contribution < -0.4 is 5.32 Å². The van der Waals surface area contributed by atoms with Gasteiger partial charge in [-0.15, -0.1) is 21.5 Å². The third kappa shape index (κ3) is 4.45. The zero-order valence-electron chi connectivity index (χ0n) is 18.4. The summed E-state index contributed by atoms with van der Waals surface area (Å²) in [6, 6.07) is 10.2. The van der Waals surface area contributed by atoms with Crippen molar-refractivity contribution in [2.45, 2.75) is 31.8 Å². The van der Waals surface area contributed by atoms with Crippen LogP contribution in [0, 0.1) is 19.8 Å². The molecule has 4 aromatic rings. The Balaban J connectivity index is 1.20. The lowest BCUT2D eigenvalue weighted by Crippen LogP contribution is -2.42. The number of nitrogens with one attached hydrogen (secondary N) is 1. The second kappa shape index (κ2) is 9.11. The highest BCUT2D eigenvalue weighted by atomic mass is 32.2. The van der Waals surface area contributed by atoms with Gasteiger partial charge >= 0.3 is 0 Å². The number of para-hydroxylation sites is 1. The van der Waals surface area contributed by atoms with E-state index in [-0.39, 0.29) is 23.5 Å². The average Bonchev–Trinajstić information content (AvgIpc) is 3.43.